The number of aryl methyl sites for hydroxylation is 1. The predicted molar refractivity (Wildman–Crippen MR) is 66.7 cm³/mol. The van der Waals surface area contributed by atoms with Crippen molar-refractivity contribution in [2.75, 3.05) is 13.7 Å². The molecule has 1 aliphatic rings. The van der Waals surface area contributed by atoms with E-state index in [1.807, 2.05) is 7.05 Å². The molecule has 16 heavy (non-hydrogen) atoms. The summed E-state index contributed by atoms with van der Waals surface area (Å²) in [5.74, 6) is 0. The summed E-state index contributed by atoms with van der Waals surface area (Å²) < 4.78 is 5.76. The molecule has 1 aromatic carbocycles. The lowest BCUT2D eigenvalue weighted by Crippen LogP contribution is -2.39. The lowest BCUT2D eigenvalue weighted by Gasteiger charge is -2.23. The van der Waals surface area contributed by atoms with Crippen LogP contribution in [0.1, 0.15) is 24.0 Å². The van der Waals surface area contributed by atoms with E-state index in [9.17, 15) is 0 Å². The highest BCUT2D eigenvalue weighted by atomic mass is 16.5. The lowest BCUT2D eigenvalue weighted by atomic mass is 9.97. The smallest absolute Gasteiger partial charge is 0.0732 e. The van der Waals surface area contributed by atoms with Crippen LogP contribution < -0.4 is 5.32 Å². The van der Waals surface area contributed by atoms with Gasteiger partial charge < -0.3 is 10.1 Å². The van der Waals surface area contributed by atoms with Crippen molar-refractivity contribution in [1.82, 2.24) is 5.32 Å². The SMILES string of the molecule is CN[C@@H](Cc1ccccc1C)[C@@H]1CCCO1. The number of hydrogen-bond donors (Lipinski definition) is 1. The zero-order chi connectivity index (χ0) is 11.4. The van der Waals surface area contributed by atoms with Gasteiger partial charge in [-0.2, -0.15) is 0 Å². The summed E-state index contributed by atoms with van der Waals surface area (Å²) in [5, 5.41) is 3.39. The van der Waals surface area contributed by atoms with Crippen LogP contribution in [-0.2, 0) is 11.2 Å². The van der Waals surface area contributed by atoms with Crippen LogP contribution in [0.5, 0.6) is 0 Å². The molecule has 0 aromatic heterocycles. The Labute approximate surface area is 98.0 Å². The molecule has 0 saturated carbocycles. The predicted octanol–water partition coefficient (Wildman–Crippen LogP) is 2.30. The Morgan fingerprint density at radius 3 is 2.88 bits per heavy atom. The second kappa shape index (κ2) is 5.46. The van der Waals surface area contributed by atoms with Gasteiger partial charge in [0.1, 0.15) is 0 Å². The van der Waals surface area contributed by atoms with Gasteiger partial charge in [-0.25, -0.2) is 0 Å². The molecule has 0 spiro atoms. The van der Waals surface area contributed by atoms with Crippen LogP contribution in [0.4, 0.5) is 0 Å². The fourth-order valence-electron chi connectivity index (χ4n) is 2.42. The van der Waals surface area contributed by atoms with E-state index in [4.69, 9.17) is 4.74 Å². The van der Waals surface area contributed by atoms with Crippen LogP contribution in [0, 0.1) is 6.92 Å². The van der Waals surface area contributed by atoms with Gasteiger partial charge in [0.25, 0.3) is 0 Å². The van der Waals surface area contributed by atoms with Crippen molar-refractivity contribution in [3.05, 3.63) is 35.4 Å². The minimum Gasteiger partial charge on any atom is -0.377 e. The summed E-state index contributed by atoms with van der Waals surface area (Å²) in [7, 11) is 2.03. The largest absolute Gasteiger partial charge is 0.377 e. The fraction of sp³-hybridized carbons (Fsp3) is 0.571. The molecule has 88 valence electrons. The highest BCUT2D eigenvalue weighted by molar-refractivity contribution is 5.26. The Balaban J connectivity index is 2.03. The van der Waals surface area contributed by atoms with E-state index in [0.29, 0.717) is 12.1 Å². The molecule has 1 heterocycles. The highest BCUT2D eigenvalue weighted by Gasteiger charge is 2.24. The first-order valence-electron chi connectivity index (χ1n) is 6.14. The molecule has 1 saturated heterocycles. The number of hydrogen-bond acceptors (Lipinski definition) is 2. The number of nitrogens with one attached hydrogen (secondary N) is 1. The van der Waals surface area contributed by atoms with Gasteiger partial charge in [-0.1, -0.05) is 24.3 Å². The van der Waals surface area contributed by atoms with Gasteiger partial charge >= 0.3 is 0 Å². The zero-order valence-corrected chi connectivity index (χ0v) is 10.2. The third kappa shape index (κ3) is 2.63. The van der Waals surface area contributed by atoms with Gasteiger partial charge in [0.2, 0.25) is 0 Å². The number of likely N-dealkylation sites (N-methyl/N-ethyl adjacent to an activating group) is 1. The molecule has 2 atom stereocenters. The van der Waals surface area contributed by atoms with Crippen molar-refractivity contribution in [1.29, 1.82) is 0 Å². The van der Waals surface area contributed by atoms with Gasteiger partial charge in [0, 0.05) is 12.6 Å². The quantitative estimate of drug-likeness (QED) is 0.839. The Morgan fingerprint density at radius 1 is 1.44 bits per heavy atom. The van der Waals surface area contributed by atoms with Crippen molar-refractivity contribution in [2.24, 2.45) is 0 Å². The summed E-state index contributed by atoms with van der Waals surface area (Å²) in [6, 6.07) is 9.05. The van der Waals surface area contributed by atoms with Gasteiger partial charge in [0.05, 0.1) is 6.10 Å². The first kappa shape index (κ1) is 11.6. The topological polar surface area (TPSA) is 21.3 Å². The van der Waals surface area contributed by atoms with Crippen LogP contribution in [0.25, 0.3) is 0 Å². The van der Waals surface area contributed by atoms with Crippen LogP contribution in [0.15, 0.2) is 24.3 Å². The molecule has 0 amide bonds. The molecule has 2 heteroatoms. The summed E-state index contributed by atoms with van der Waals surface area (Å²) in [6.07, 6.45) is 3.85. The Bertz CT molecular complexity index is 331. The van der Waals surface area contributed by atoms with E-state index in [1.54, 1.807) is 0 Å². The van der Waals surface area contributed by atoms with E-state index in [0.717, 1.165) is 13.0 Å². The summed E-state index contributed by atoms with van der Waals surface area (Å²) in [6.45, 7) is 3.11. The molecule has 0 unspecified atom stereocenters. The van der Waals surface area contributed by atoms with E-state index in [2.05, 4.69) is 36.5 Å². The second-order valence-electron chi connectivity index (χ2n) is 4.58. The molecular weight excluding hydrogens is 198 g/mol. The Morgan fingerprint density at radius 2 is 2.25 bits per heavy atom. The van der Waals surface area contributed by atoms with Crippen LogP contribution >= 0.6 is 0 Å². The van der Waals surface area contributed by atoms with Crippen molar-refractivity contribution in [2.45, 2.75) is 38.3 Å². The van der Waals surface area contributed by atoms with Crippen molar-refractivity contribution in [3.63, 3.8) is 0 Å². The monoisotopic (exact) mass is 219 g/mol. The maximum Gasteiger partial charge on any atom is 0.0732 e. The highest BCUT2D eigenvalue weighted by Crippen LogP contribution is 2.19. The average Bonchev–Trinajstić information content (AvgIpc) is 2.81. The van der Waals surface area contributed by atoms with Gasteiger partial charge in [-0.05, 0) is 44.4 Å². The molecule has 1 aliphatic heterocycles. The molecule has 1 N–H and O–H groups in total. The lowest BCUT2D eigenvalue weighted by molar-refractivity contribution is 0.0808. The minimum atomic E-state index is 0.393. The fourth-order valence-corrected chi connectivity index (χ4v) is 2.42. The second-order valence-corrected chi connectivity index (χ2v) is 4.58. The van der Waals surface area contributed by atoms with Crippen LogP contribution in [0.2, 0.25) is 0 Å². The molecule has 0 bridgehead atoms. The number of benzene rings is 1. The van der Waals surface area contributed by atoms with Gasteiger partial charge in [0.15, 0.2) is 0 Å². The minimum absolute atomic E-state index is 0.393. The molecule has 2 nitrogen and oxygen atoms in total. The molecular formula is C14H21NO. The van der Waals surface area contributed by atoms with E-state index >= 15 is 0 Å². The molecule has 0 radical (unpaired) electrons. The van der Waals surface area contributed by atoms with E-state index < -0.39 is 0 Å². The first-order valence-corrected chi connectivity index (χ1v) is 6.14. The Kier molecular flexibility index (Phi) is 3.97. The van der Waals surface area contributed by atoms with Crippen LogP contribution in [-0.4, -0.2) is 25.8 Å². The normalized spacial score (nSPS) is 22.2. The third-order valence-corrected chi connectivity index (χ3v) is 3.49. The molecule has 1 fully saturated rings. The average molecular weight is 219 g/mol. The van der Waals surface area contributed by atoms with Crippen molar-refractivity contribution >= 4 is 0 Å². The van der Waals surface area contributed by atoms with Gasteiger partial charge in [-0.3, -0.25) is 0 Å². The summed E-state index contributed by atoms with van der Waals surface area (Å²) in [5.41, 5.74) is 2.80. The number of ether oxygens (including phenoxy) is 1. The van der Waals surface area contributed by atoms with Crippen LogP contribution in [0.3, 0.4) is 0 Å². The summed E-state index contributed by atoms with van der Waals surface area (Å²) >= 11 is 0. The molecule has 1 aromatic rings. The van der Waals surface area contributed by atoms with E-state index in [-0.39, 0.29) is 0 Å². The maximum absolute atomic E-state index is 5.76. The summed E-state index contributed by atoms with van der Waals surface area (Å²) in [4.78, 5) is 0. The standard InChI is InChI=1S/C14H21NO/c1-11-6-3-4-7-12(11)10-13(15-2)14-8-5-9-16-14/h3-4,6-7,13-15H,5,8-10H2,1-2H3/t13-,14-/m0/s1. The Hall–Kier alpha value is -0.860. The number of rotatable bonds is 4. The van der Waals surface area contributed by atoms with Gasteiger partial charge in [-0.15, -0.1) is 0 Å². The van der Waals surface area contributed by atoms with Crippen molar-refractivity contribution < 1.29 is 4.74 Å². The third-order valence-electron chi connectivity index (χ3n) is 3.49. The zero-order valence-electron chi connectivity index (χ0n) is 10.2. The molecule has 2 rings (SSSR count). The van der Waals surface area contributed by atoms with Crippen molar-refractivity contribution in [3.8, 4) is 0 Å². The van der Waals surface area contributed by atoms with E-state index in [1.165, 1.54) is 24.0 Å². The molecule has 0 aliphatic carbocycles. The maximum atomic E-state index is 5.76. The first-order chi connectivity index (χ1) is 7.81.